The number of thiophene rings is 1. The molecule has 0 bridgehead atoms. The number of fused-ring (bicyclic) bond motifs is 1. The number of para-hydroxylation sites is 1. The van der Waals surface area contributed by atoms with Crippen LogP contribution in [0.1, 0.15) is 31.2 Å². The molecule has 9 heteroatoms. The molecule has 0 spiro atoms. The maximum Gasteiger partial charge on any atom is 0.284 e. The van der Waals surface area contributed by atoms with Gasteiger partial charge in [0.1, 0.15) is 5.75 Å². The lowest BCUT2D eigenvalue weighted by Crippen LogP contribution is -2.31. The van der Waals surface area contributed by atoms with Gasteiger partial charge in [-0.05, 0) is 36.6 Å². The molecule has 4 N–H and O–H groups in total. The number of amides is 1. The van der Waals surface area contributed by atoms with E-state index in [1.165, 1.54) is 16.2 Å². The Morgan fingerprint density at radius 2 is 2.21 bits per heavy atom. The average Bonchev–Trinajstić information content (AvgIpc) is 3.07. The standard InChI is InChI=1S/C20H24N4O4S/c1-12(22-20(28-21)14-6-4-5-7-16(14)27-3)10-24-9-8-17-15(11-24)13(2)18(29-17)19(25)23-26/h4-7,26H,1,8-11,21H2,2-3H3,(H,23,25)/b22-20-. The van der Waals surface area contributed by atoms with Gasteiger partial charge < -0.3 is 9.57 Å². The number of hydrogen-bond donors (Lipinski definition) is 3. The van der Waals surface area contributed by atoms with Crippen LogP contribution in [0.4, 0.5) is 0 Å². The molecule has 1 aromatic heterocycles. The molecule has 3 rings (SSSR count). The number of methoxy groups -OCH3 is 1. The van der Waals surface area contributed by atoms with Gasteiger partial charge in [0.25, 0.3) is 5.91 Å². The first-order valence-corrected chi connectivity index (χ1v) is 9.84. The Morgan fingerprint density at radius 1 is 1.45 bits per heavy atom. The average molecular weight is 417 g/mol. The van der Waals surface area contributed by atoms with Crippen LogP contribution in [0.25, 0.3) is 0 Å². The highest BCUT2D eigenvalue weighted by Crippen LogP contribution is 2.33. The monoisotopic (exact) mass is 416 g/mol. The number of carbonyl (C=O) groups is 1. The lowest BCUT2D eigenvalue weighted by Gasteiger charge is -2.27. The number of hydrogen-bond acceptors (Lipinski definition) is 8. The van der Waals surface area contributed by atoms with E-state index in [4.69, 9.17) is 20.7 Å². The minimum Gasteiger partial charge on any atom is -0.496 e. The SMILES string of the molecule is C=C(CN1CCc2sc(C(=O)NO)c(C)c2C1)/N=C(\ON)c1ccccc1OC. The number of carbonyl (C=O) groups excluding carboxylic acids is 1. The van der Waals surface area contributed by atoms with Crippen molar-refractivity contribution in [1.82, 2.24) is 10.4 Å². The van der Waals surface area contributed by atoms with Crippen molar-refractivity contribution in [2.24, 2.45) is 10.9 Å². The molecule has 1 aliphatic heterocycles. The molecule has 1 amide bonds. The van der Waals surface area contributed by atoms with Gasteiger partial charge in [0.15, 0.2) is 0 Å². The van der Waals surface area contributed by atoms with Crippen LogP contribution in [0.3, 0.4) is 0 Å². The fraction of sp³-hybridized carbons (Fsp3) is 0.300. The predicted octanol–water partition coefficient (Wildman–Crippen LogP) is 2.39. The van der Waals surface area contributed by atoms with E-state index < -0.39 is 5.91 Å². The normalized spacial score (nSPS) is 14.3. The number of nitrogens with one attached hydrogen (secondary N) is 1. The second-order valence-electron chi connectivity index (χ2n) is 6.66. The summed E-state index contributed by atoms with van der Waals surface area (Å²) in [7, 11) is 1.57. The topological polar surface area (TPSA) is 109 Å². The molecule has 2 aromatic rings. The van der Waals surface area contributed by atoms with Crippen LogP contribution in [0.2, 0.25) is 0 Å². The molecule has 0 fully saturated rings. The summed E-state index contributed by atoms with van der Waals surface area (Å²) in [5.74, 6) is 5.81. The van der Waals surface area contributed by atoms with E-state index in [0.29, 0.717) is 35.0 Å². The Bertz CT molecular complexity index is 954. The zero-order valence-corrected chi connectivity index (χ0v) is 17.2. The van der Waals surface area contributed by atoms with Gasteiger partial charge >= 0.3 is 0 Å². The Labute approximate surface area is 173 Å². The molecule has 2 heterocycles. The summed E-state index contributed by atoms with van der Waals surface area (Å²) < 4.78 is 5.34. The predicted molar refractivity (Wildman–Crippen MR) is 111 cm³/mol. The molecular weight excluding hydrogens is 392 g/mol. The van der Waals surface area contributed by atoms with Gasteiger partial charge in [0.05, 0.1) is 23.2 Å². The molecule has 1 aliphatic rings. The van der Waals surface area contributed by atoms with E-state index in [-0.39, 0.29) is 5.90 Å². The van der Waals surface area contributed by atoms with Crippen LogP contribution in [-0.4, -0.2) is 42.1 Å². The summed E-state index contributed by atoms with van der Waals surface area (Å²) in [5, 5.41) is 8.92. The number of nitrogens with two attached hydrogens (primary N) is 1. The number of nitrogens with zero attached hydrogens (tertiary/aromatic N) is 2. The summed E-state index contributed by atoms with van der Waals surface area (Å²) in [6.07, 6.45) is 0.823. The molecule has 29 heavy (non-hydrogen) atoms. The molecule has 0 atom stereocenters. The molecule has 8 nitrogen and oxygen atoms in total. The minimum absolute atomic E-state index is 0.235. The van der Waals surface area contributed by atoms with Crippen molar-refractivity contribution in [3.63, 3.8) is 0 Å². The first-order valence-electron chi connectivity index (χ1n) is 9.03. The summed E-state index contributed by atoms with van der Waals surface area (Å²) in [5.41, 5.74) is 4.98. The summed E-state index contributed by atoms with van der Waals surface area (Å²) in [6, 6.07) is 7.32. The molecule has 0 saturated carbocycles. The molecule has 1 aromatic carbocycles. The second-order valence-corrected chi connectivity index (χ2v) is 7.77. The van der Waals surface area contributed by atoms with Crippen molar-refractivity contribution < 1.29 is 19.6 Å². The lowest BCUT2D eigenvalue weighted by molar-refractivity contribution is 0.0710. The first-order chi connectivity index (χ1) is 14.0. The van der Waals surface area contributed by atoms with Crippen molar-refractivity contribution in [1.29, 1.82) is 0 Å². The summed E-state index contributed by atoms with van der Waals surface area (Å²) in [4.78, 5) is 25.2. The molecule has 0 saturated heterocycles. The van der Waals surface area contributed by atoms with Crippen LogP contribution in [-0.2, 0) is 17.8 Å². The fourth-order valence-corrected chi connectivity index (χ4v) is 4.58. The van der Waals surface area contributed by atoms with E-state index in [1.807, 2.05) is 25.1 Å². The van der Waals surface area contributed by atoms with Crippen LogP contribution >= 0.6 is 11.3 Å². The van der Waals surface area contributed by atoms with E-state index in [9.17, 15) is 4.79 Å². The zero-order valence-electron chi connectivity index (χ0n) is 16.4. The molecular formula is C20H24N4O4S. The van der Waals surface area contributed by atoms with Crippen LogP contribution in [0.5, 0.6) is 5.75 Å². The smallest absolute Gasteiger partial charge is 0.284 e. The van der Waals surface area contributed by atoms with Gasteiger partial charge in [-0.2, -0.15) is 5.90 Å². The molecule has 154 valence electrons. The highest BCUT2D eigenvalue weighted by atomic mass is 32.1. The van der Waals surface area contributed by atoms with Gasteiger partial charge in [0.2, 0.25) is 5.90 Å². The third-order valence-electron chi connectivity index (χ3n) is 4.81. The van der Waals surface area contributed by atoms with Gasteiger partial charge in [-0.3, -0.25) is 14.9 Å². The largest absolute Gasteiger partial charge is 0.496 e. The Morgan fingerprint density at radius 3 is 2.90 bits per heavy atom. The fourth-order valence-electron chi connectivity index (χ4n) is 3.39. The maximum absolute atomic E-state index is 11.8. The van der Waals surface area contributed by atoms with Crippen molar-refractivity contribution >= 4 is 23.1 Å². The quantitative estimate of drug-likeness (QED) is 0.289. The lowest BCUT2D eigenvalue weighted by atomic mass is 10.0. The van der Waals surface area contributed by atoms with Crippen LogP contribution < -0.4 is 16.1 Å². The van der Waals surface area contributed by atoms with Crippen LogP contribution in [0, 0.1) is 6.92 Å². The Balaban J connectivity index is 1.74. The van der Waals surface area contributed by atoms with Crippen molar-refractivity contribution in [2.75, 3.05) is 20.2 Å². The van der Waals surface area contributed by atoms with E-state index in [0.717, 1.165) is 24.1 Å². The van der Waals surface area contributed by atoms with Crippen LogP contribution in [0.15, 0.2) is 41.5 Å². The van der Waals surface area contributed by atoms with E-state index >= 15 is 0 Å². The number of hydroxylamine groups is 1. The van der Waals surface area contributed by atoms with E-state index in [1.54, 1.807) is 18.7 Å². The van der Waals surface area contributed by atoms with Gasteiger partial charge in [-0.25, -0.2) is 10.5 Å². The third-order valence-corrected chi connectivity index (χ3v) is 6.21. The highest BCUT2D eigenvalue weighted by molar-refractivity contribution is 7.14. The second kappa shape index (κ2) is 9.19. The van der Waals surface area contributed by atoms with E-state index in [2.05, 4.69) is 16.5 Å². The molecule has 0 unspecified atom stereocenters. The number of aliphatic imine (C=N–C) groups is 1. The number of ether oxygens (including phenoxy) is 1. The Hall–Kier alpha value is -2.72. The van der Waals surface area contributed by atoms with Gasteiger partial charge in [0, 0.05) is 24.5 Å². The first kappa shape index (κ1) is 21.0. The third kappa shape index (κ3) is 4.48. The zero-order chi connectivity index (χ0) is 21.0. The minimum atomic E-state index is -0.469. The number of benzene rings is 1. The number of rotatable bonds is 6. The maximum atomic E-state index is 11.8. The van der Waals surface area contributed by atoms with Gasteiger partial charge in [-0.15, -0.1) is 11.3 Å². The van der Waals surface area contributed by atoms with Gasteiger partial charge in [-0.1, -0.05) is 18.7 Å². The molecule has 0 radical (unpaired) electrons. The highest BCUT2D eigenvalue weighted by Gasteiger charge is 2.25. The van der Waals surface area contributed by atoms with Crippen molar-refractivity contribution in [2.45, 2.75) is 19.9 Å². The Kier molecular flexibility index (Phi) is 6.65. The molecule has 0 aliphatic carbocycles. The summed E-state index contributed by atoms with van der Waals surface area (Å²) >= 11 is 1.43. The van der Waals surface area contributed by atoms with Crippen molar-refractivity contribution in [3.05, 3.63) is 63.0 Å². The van der Waals surface area contributed by atoms with Crippen molar-refractivity contribution in [3.8, 4) is 5.75 Å². The summed E-state index contributed by atoms with van der Waals surface area (Å²) in [6.45, 7) is 7.96.